The van der Waals surface area contributed by atoms with Crippen molar-refractivity contribution in [2.75, 3.05) is 19.7 Å². The molecule has 114 valence electrons. The Labute approximate surface area is 128 Å². The molecule has 22 heavy (non-hydrogen) atoms. The summed E-state index contributed by atoms with van der Waals surface area (Å²) in [6.07, 6.45) is -0.00776. The number of carbonyl (C=O) groups is 2. The van der Waals surface area contributed by atoms with Crippen molar-refractivity contribution in [1.29, 1.82) is 0 Å². The summed E-state index contributed by atoms with van der Waals surface area (Å²) in [6.45, 7) is 3.47. The number of fused-ring (bicyclic) bond motifs is 1. The van der Waals surface area contributed by atoms with Gasteiger partial charge in [-0.3, -0.25) is 4.79 Å². The predicted molar refractivity (Wildman–Crippen MR) is 82.2 cm³/mol. The van der Waals surface area contributed by atoms with E-state index in [0.717, 1.165) is 5.39 Å². The smallest absolute Gasteiger partial charge is 0.336 e. The minimum Gasteiger partial charge on any atom is -0.478 e. The zero-order valence-corrected chi connectivity index (χ0v) is 12.3. The maximum Gasteiger partial charge on any atom is 0.336 e. The average molecular weight is 299 g/mol. The van der Waals surface area contributed by atoms with Gasteiger partial charge in [0.25, 0.3) is 5.91 Å². The molecule has 1 N–H and O–H groups in total. The number of benzene rings is 2. The van der Waals surface area contributed by atoms with Gasteiger partial charge in [-0.15, -0.1) is 0 Å². The maximum absolute atomic E-state index is 12.8. The van der Waals surface area contributed by atoms with Crippen LogP contribution in [0.3, 0.4) is 0 Å². The van der Waals surface area contributed by atoms with Crippen molar-refractivity contribution in [3.8, 4) is 0 Å². The van der Waals surface area contributed by atoms with Crippen LogP contribution in [0.2, 0.25) is 0 Å². The number of ether oxygens (including phenoxy) is 1. The largest absolute Gasteiger partial charge is 0.478 e. The summed E-state index contributed by atoms with van der Waals surface area (Å²) in [5, 5.41) is 10.7. The fraction of sp³-hybridized carbons (Fsp3) is 0.294. The monoisotopic (exact) mass is 299 g/mol. The number of hydrogen-bond acceptors (Lipinski definition) is 3. The molecule has 0 aromatic heterocycles. The molecule has 1 unspecified atom stereocenters. The molecule has 3 rings (SSSR count). The van der Waals surface area contributed by atoms with Crippen LogP contribution in [0.4, 0.5) is 0 Å². The van der Waals surface area contributed by atoms with E-state index in [0.29, 0.717) is 30.6 Å². The maximum atomic E-state index is 12.8. The molecule has 0 radical (unpaired) electrons. The van der Waals surface area contributed by atoms with Crippen LogP contribution < -0.4 is 0 Å². The normalized spacial score (nSPS) is 18.4. The number of nitrogens with zero attached hydrogens (tertiary/aromatic N) is 1. The van der Waals surface area contributed by atoms with Gasteiger partial charge in [0.05, 0.1) is 18.3 Å². The Morgan fingerprint density at radius 1 is 1.18 bits per heavy atom. The second-order valence-corrected chi connectivity index (χ2v) is 5.45. The van der Waals surface area contributed by atoms with Crippen molar-refractivity contribution in [3.63, 3.8) is 0 Å². The molecule has 1 heterocycles. The summed E-state index contributed by atoms with van der Waals surface area (Å²) in [5.41, 5.74) is 0.590. The van der Waals surface area contributed by atoms with Crippen molar-refractivity contribution in [2.24, 2.45) is 0 Å². The molecule has 5 heteroatoms. The van der Waals surface area contributed by atoms with Gasteiger partial charge in [0.2, 0.25) is 0 Å². The van der Waals surface area contributed by atoms with Gasteiger partial charge in [0.1, 0.15) is 0 Å². The average Bonchev–Trinajstić information content (AvgIpc) is 2.53. The Morgan fingerprint density at radius 3 is 2.50 bits per heavy atom. The van der Waals surface area contributed by atoms with Crippen molar-refractivity contribution in [2.45, 2.75) is 13.0 Å². The first-order valence-corrected chi connectivity index (χ1v) is 7.24. The highest BCUT2D eigenvalue weighted by Gasteiger charge is 2.25. The molecule has 1 saturated heterocycles. The molecular formula is C17H17NO4. The molecule has 0 spiro atoms. The van der Waals surface area contributed by atoms with Crippen LogP contribution in [0.25, 0.3) is 10.8 Å². The number of carbonyl (C=O) groups excluding carboxylic acids is 1. The van der Waals surface area contributed by atoms with Gasteiger partial charge in [0, 0.05) is 24.0 Å². The lowest BCUT2D eigenvalue weighted by Gasteiger charge is -2.31. The van der Waals surface area contributed by atoms with Gasteiger partial charge in [-0.2, -0.15) is 0 Å². The van der Waals surface area contributed by atoms with Gasteiger partial charge in [-0.1, -0.05) is 24.3 Å². The quantitative estimate of drug-likeness (QED) is 0.924. The Bertz CT molecular complexity index is 735. The van der Waals surface area contributed by atoms with E-state index in [1.54, 1.807) is 23.1 Å². The SMILES string of the molecule is CC1CN(C(=O)c2cccc3cccc(C(=O)O)c23)CCO1. The van der Waals surface area contributed by atoms with Crippen LogP contribution in [0, 0.1) is 0 Å². The zero-order valence-electron chi connectivity index (χ0n) is 12.3. The Morgan fingerprint density at radius 2 is 1.86 bits per heavy atom. The molecule has 0 saturated carbocycles. The number of morpholine rings is 1. The first-order valence-electron chi connectivity index (χ1n) is 7.24. The van der Waals surface area contributed by atoms with Gasteiger partial charge in [0.15, 0.2) is 0 Å². The van der Waals surface area contributed by atoms with Crippen LogP contribution >= 0.6 is 0 Å². The third-order valence-electron chi connectivity index (χ3n) is 3.89. The third-order valence-corrected chi connectivity index (χ3v) is 3.89. The molecule has 1 amide bonds. The predicted octanol–water partition coefficient (Wildman–Crippen LogP) is 2.40. The van der Waals surface area contributed by atoms with Gasteiger partial charge >= 0.3 is 5.97 Å². The van der Waals surface area contributed by atoms with E-state index in [2.05, 4.69) is 0 Å². The Hall–Kier alpha value is -2.40. The van der Waals surface area contributed by atoms with Crippen LogP contribution in [-0.4, -0.2) is 47.7 Å². The molecule has 1 aliphatic rings. The van der Waals surface area contributed by atoms with Crippen LogP contribution in [0.15, 0.2) is 36.4 Å². The number of amides is 1. The number of carboxylic acid groups (broad SMARTS) is 1. The molecule has 0 aliphatic carbocycles. The zero-order chi connectivity index (χ0) is 15.7. The van der Waals surface area contributed by atoms with E-state index in [4.69, 9.17) is 4.74 Å². The first-order chi connectivity index (χ1) is 10.6. The van der Waals surface area contributed by atoms with Crippen molar-refractivity contribution >= 4 is 22.6 Å². The van der Waals surface area contributed by atoms with E-state index >= 15 is 0 Å². The number of carboxylic acids is 1. The highest BCUT2D eigenvalue weighted by molar-refractivity contribution is 6.14. The second kappa shape index (κ2) is 5.77. The summed E-state index contributed by atoms with van der Waals surface area (Å²) < 4.78 is 5.46. The molecule has 5 nitrogen and oxygen atoms in total. The highest BCUT2D eigenvalue weighted by atomic mass is 16.5. The number of hydrogen-bond donors (Lipinski definition) is 1. The fourth-order valence-electron chi connectivity index (χ4n) is 2.87. The lowest BCUT2D eigenvalue weighted by atomic mass is 9.98. The van der Waals surface area contributed by atoms with Gasteiger partial charge in [-0.05, 0) is 24.4 Å². The highest BCUT2D eigenvalue weighted by Crippen LogP contribution is 2.25. The van der Waals surface area contributed by atoms with E-state index in [1.165, 1.54) is 6.07 Å². The Kier molecular flexibility index (Phi) is 3.81. The molecule has 2 aromatic carbocycles. The van der Waals surface area contributed by atoms with E-state index in [9.17, 15) is 14.7 Å². The van der Waals surface area contributed by atoms with Crippen LogP contribution in [-0.2, 0) is 4.74 Å². The van der Waals surface area contributed by atoms with E-state index in [-0.39, 0.29) is 17.6 Å². The summed E-state index contributed by atoms with van der Waals surface area (Å²) >= 11 is 0. The molecule has 1 aliphatic heterocycles. The Balaban J connectivity index is 2.10. The second-order valence-electron chi connectivity index (χ2n) is 5.45. The first kappa shape index (κ1) is 14.5. The molecule has 0 bridgehead atoms. The van der Waals surface area contributed by atoms with E-state index in [1.807, 2.05) is 19.1 Å². The van der Waals surface area contributed by atoms with Crippen LogP contribution in [0.1, 0.15) is 27.6 Å². The molecular weight excluding hydrogens is 282 g/mol. The number of rotatable bonds is 2. The minimum absolute atomic E-state index is 0.00776. The topological polar surface area (TPSA) is 66.8 Å². The standard InChI is InChI=1S/C17H17NO4/c1-11-10-18(8-9-22-11)16(19)13-6-2-4-12-5-3-7-14(15(12)13)17(20)21/h2-7,11H,8-10H2,1H3,(H,20,21). The molecule has 1 atom stereocenters. The summed E-state index contributed by atoms with van der Waals surface area (Å²) in [6, 6.07) is 10.3. The summed E-state index contributed by atoms with van der Waals surface area (Å²) in [4.78, 5) is 26.0. The minimum atomic E-state index is -1.03. The van der Waals surface area contributed by atoms with Crippen molar-refractivity contribution in [3.05, 3.63) is 47.5 Å². The van der Waals surface area contributed by atoms with Crippen molar-refractivity contribution < 1.29 is 19.4 Å². The lowest BCUT2D eigenvalue weighted by molar-refractivity contribution is -0.0123. The fourth-order valence-corrected chi connectivity index (χ4v) is 2.87. The summed E-state index contributed by atoms with van der Waals surface area (Å²) in [5.74, 6) is -1.17. The summed E-state index contributed by atoms with van der Waals surface area (Å²) in [7, 11) is 0. The third kappa shape index (κ3) is 2.55. The van der Waals surface area contributed by atoms with Crippen molar-refractivity contribution in [1.82, 2.24) is 4.90 Å². The van der Waals surface area contributed by atoms with Crippen LogP contribution in [0.5, 0.6) is 0 Å². The van der Waals surface area contributed by atoms with E-state index < -0.39 is 5.97 Å². The number of aromatic carboxylic acids is 1. The molecule has 2 aromatic rings. The van der Waals surface area contributed by atoms with Gasteiger partial charge < -0.3 is 14.7 Å². The van der Waals surface area contributed by atoms with Gasteiger partial charge in [-0.25, -0.2) is 4.79 Å². The molecule has 1 fully saturated rings. The lowest BCUT2D eigenvalue weighted by Crippen LogP contribution is -2.44.